The van der Waals surface area contributed by atoms with Gasteiger partial charge >= 0.3 is 9.28 Å². The maximum absolute atomic E-state index is 5.75. The molecule has 18 heavy (non-hydrogen) atoms. The number of aryl methyl sites for hydroxylation is 1. The first kappa shape index (κ1) is 15.4. The first-order valence-corrected chi connectivity index (χ1v) is 8.35. The quantitative estimate of drug-likeness (QED) is 0.544. The van der Waals surface area contributed by atoms with Crippen LogP contribution in [0.3, 0.4) is 0 Å². The molecule has 2 N–H and O–H groups in total. The van der Waals surface area contributed by atoms with Crippen molar-refractivity contribution in [3.05, 3.63) is 29.8 Å². The first-order valence-electron chi connectivity index (χ1n) is 6.83. The lowest BCUT2D eigenvalue weighted by Gasteiger charge is -2.15. The lowest BCUT2D eigenvalue weighted by Crippen LogP contribution is -2.37. The number of benzene rings is 1. The number of hydrogen-bond donors (Lipinski definition) is 1. The monoisotopic (exact) mass is 267 g/mol. The highest BCUT2D eigenvalue weighted by Crippen LogP contribution is 2.04. The van der Waals surface area contributed by atoms with Crippen LogP contribution in [-0.4, -0.2) is 29.0 Å². The molecule has 0 fully saturated rings. The van der Waals surface area contributed by atoms with Gasteiger partial charge in [0.05, 0.1) is 0 Å². The Labute approximate surface area is 112 Å². The largest absolute Gasteiger partial charge is 0.394 e. The Bertz CT molecular complexity index is 327. The van der Waals surface area contributed by atoms with Gasteiger partial charge in [-0.2, -0.15) is 0 Å². The normalized spacial score (nSPS) is 11.1. The molecule has 3 nitrogen and oxygen atoms in total. The van der Waals surface area contributed by atoms with Crippen molar-refractivity contribution < 1.29 is 8.85 Å². The second-order valence-corrected chi connectivity index (χ2v) is 6.23. The highest BCUT2D eigenvalue weighted by atomic mass is 28.3. The van der Waals surface area contributed by atoms with Crippen LogP contribution < -0.4 is 10.9 Å². The first-order chi connectivity index (χ1) is 8.81. The van der Waals surface area contributed by atoms with Crippen LogP contribution in [-0.2, 0) is 15.3 Å². The van der Waals surface area contributed by atoms with Gasteiger partial charge in [-0.25, -0.2) is 0 Å². The molecule has 0 aliphatic heterocycles. The Morgan fingerprint density at radius 1 is 1.11 bits per heavy atom. The van der Waals surface area contributed by atoms with Crippen LogP contribution in [0.1, 0.15) is 32.3 Å². The van der Waals surface area contributed by atoms with Crippen molar-refractivity contribution >= 4 is 14.5 Å². The Kier molecular flexibility index (Phi) is 7.92. The van der Waals surface area contributed by atoms with Crippen molar-refractivity contribution in [1.29, 1.82) is 0 Å². The SMILES string of the molecule is CCO[SiH](OCC)c1cccc(CCCCN)c1. The molecule has 4 heteroatoms. The van der Waals surface area contributed by atoms with Crippen molar-refractivity contribution in [3.63, 3.8) is 0 Å². The number of rotatable bonds is 9. The van der Waals surface area contributed by atoms with Gasteiger partial charge in [0.25, 0.3) is 0 Å². The standard InChI is InChI=1S/C14H25NO2Si/c1-3-16-18(17-4-2)14-10-7-9-13(12-14)8-5-6-11-15/h7,9-10,12,18H,3-6,8,11,15H2,1-2H3. The molecule has 0 aliphatic rings. The summed E-state index contributed by atoms with van der Waals surface area (Å²) in [6.45, 7) is 6.24. The van der Waals surface area contributed by atoms with E-state index in [4.69, 9.17) is 14.6 Å². The fourth-order valence-electron chi connectivity index (χ4n) is 1.91. The second-order valence-electron chi connectivity index (χ2n) is 4.23. The predicted octanol–water partition coefficient (Wildman–Crippen LogP) is 1.47. The van der Waals surface area contributed by atoms with E-state index in [1.165, 1.54) is 10.8 Å². The van der Waals surface area contributed by atoms with E-state index in [9.17, 15) is 0 Å². The Hall–Kier alpha value is -0.683. The molecule has 0 aromatic heterocycles. The summed E-state index contributed by atoms with van der Waals surface area (Å²) in [4.78, 5) is 0. The summed E-state index contributed by atoms with van der Waals surface area (Å²) in [6.07, 6.45) is 3.32. The molecular weight excluding hydrogens is 242 g/mol. The van der Waals surface area contributed by atoms with Gasteiger partial charge in [-0.3, -0.25) is 0 Å². The number of nitrogens with two attached hydrogens (primary N) is 1. The summed E-state index contributed by atoms with van der Waals surface area (Å²) in [5, 5.41) is 1.24. The molecule has 1 rings (SSSR count). The van der Waals surface area contributed by atoms with E-state index in [2.05, 4.69) is 24.3 Å². The summed E-state index contributed by atoms with van der Waals surface area (Å²) in [7, 11) is -1.69. The van der Waals surface area contributed by atoms with Crippen molar-refractivity contribution in [1.82, 2.24) is 0 Å². The van der Waals surface area contributed by atoms with E-state index in [0.717, 1.165) is 25.8 Å². The predicted molar refractivity (Wildman–Crippen MR) is 78.5 cm³/mol. The molecule has 0 bridgehead atoms. The van der Waals surface area contributed by atoms with Crippen molar-refractivity contribution in [2.75, 3.05) is 19.8 Å². The Morgan fingerprint density at radius 3 is 2.44 bits per heavy atom. The van der Waals surface area contributed by atoms with Gasteiger partial charge in [-0.15, -0.1) is 0 Å². The average molecular weight is 267 g/mol. The minimum atomic E-state index is -1.69. The third kappa shape index (κ3) is 5.31. The lowest BCUT2D eigenvalue weighted by atomic mass is 10.1. The zero-order valence-corrected chi connectivity index (χ0v) is 12.7. The van der Waals surface area contributed by atoms with Crippen LogP contribution in [0.4, 0.5) is 0 Å². The van der Waals surface area contributed by atoms with E-state index < -0.39 is 9.28 Å². The maximum Gasteiger partial charge on any atom is 0.355 e. The van der Waals surface area contributed by atoms with Gasteiger partial charge in [0.1, 0.15) is 0 Å². The van der Waals surface area contributed by atoms with Gasteiger partial charge in [0.15, 0.2) is 0 Å². The molecule has 0 spiro atoms. The lowest BCUT2D eigenvalue weighted by molar-refractivity contribution is 0.225. The zero-order chi connectivity index (χ0) is 13.2. The number of unbranched alkanes of at least 4 members (excludes halogenated alkanes) is 1. The highest BCUT2D eigenvalue weighted by molar-refractivity contribution is 6.61. The third-order valence-electron chi connectivity index (χ3n) is 2.78. The van der Waals surface area contributed by atoms with Crippen LogP contribution in [0, 0.1) is 0 Å². The average Bonchev–Trinajstić information content (AvgIpc) is 2.39. The van der Waals surface area contributed by atoms with Gasteiger partial charge < -0.3 is 14.6 Å². The van der Waals surface area contributed by atoms with E-state index in [-0.39, 0.29) is 0 Å². The highest BCUT2D eigenvalue weighted by Gasteiger charge is 2.15. The van der Waals surface area contributed by atoms with Gasteiger partial charge in [0, 0.05) is 13.2 Å². The second kappa shape index (κ2) is 9.27. The van der Waals surface area contributed by atoms with Crippen LogP contribution in [0.2, 0.25) is 0 Å². The molecule has 0 atom stereocenters. The van der Waals surface area contributed by atoms with E-state index >= 15 is 0 Å². The van der Waals surface area contributed by atoms with E-state index in [1.807, 2.05) is 13.8 Å². The minimum Gasteiger partial charge on any atom is -0.394 e. The molecule has 0 saturated carbocycles. The molecule has 102 valence electrons. The van der Waals surface area contributed by atoms with Gasteiger partial charge in [-0.1, -0.05) is 24.3 Å². The molecule has 0 heterocycles. The van der Waals surface area contributed by atoms with Crippen molar-refractivity contribution in [3.8, 4) is 0 Å². The zero-order valence-electron chi connectivity index (χ0n) is 11.5. The topological polar surface area (TPSA) is 44.5 Å². The molecular formula is C14H25NO2Si. The smallest absolute Gasteiger partial charge is 0.355 e. The van der Waals surface area contributed by atoms with Crippen LogP contribution in [0.25, 0.3) is 0 Å². The summed E-state index contributed by atoms with van der Waals surface area (Å²) in [5.41, 5.74) is 6.88. The fraction of sp³-hybridized carbons (Fsp3) is 0.571. The van der Waals surface area contributed by atoms with Gasteiger partial charge in [0.2, 0.25) is 0 Å². The van der Waals surface area contributed by atoms with Crippen LogP contribution in [0.15, 0.2) is 24.3 Å². The summed E-state index contributed by atoms with van der Waals surface area (Å²) >= 11 is 0. The molecule has 1 aromatic carbocycles. The van der Waals surface area contributed by atoms with Crippen molar-refractivity contribution in [2.45, 2.75) is 33.1 Å². The van der Waals surface area contributed by atoms with Crippen LogP contribution >= 0.6 is 0 Å². The number of hydrogen-bond acceptors (Lipinski definition) is 3. The maximum atomic E-state index is 5.75. The summed E-state index contributed by atoms with van der Waals surface area (Å²) in [5.74, 6) is 0. The summed E-state index contributed by atoms with van der Waals surface area (Å²) < 4.78 is 11.5. The Balaban J connectivity index is 2.65. The van der Waals surface area contributed by atoms with Crippen molar-refractivity contribution in [2.24, 2.45) is 5.73 Å². The molecule has 0 unspecified atom stereocenters. The minimum absolute atomic E-state index is 0.717. The Morgan fingerprint density at radius 2 is 1.83 bits per heavy atom. The molecule has 0 aliphatic carbocycles. The van der Waals surface area contributed by atoms with E-state index in [0.29, 0.717) is 13.2 Å². The molecule has 0 saturated heterocycles. The summed E-state index contributed by atoms with van der Waals surface area (Å²) in [6, 6.07) is 8.63. The van der Waals surface area contributed by atoms with Gasteiger partial charge in [-0.05, 0) is 50.4 Å². The third-order valence-corrected chi connectivity index (χ3v) is 4.95. The molecule has 1 aromatic rings. The molecule has 0 radical (unpaired) electrons. The molecule has 0 amide bonds. The van der Waals surface area contributed by atoms with E-state index in [1.54, 1.807) is 0 Å². The fourth-order valence-corrected chi connectivity index (χ4v) is 3.62. The van der Waals surface area contributed by atoms with Crippen LogP contribution in [0.5, 0.6) is 0 Å².